The molecule has 1 saturated heterocycles. The molecule has 2 aromatic heterocycles. The molecule has 0 amide bonds. The number of hydrogen-bond acceptors (Lipinski definition) is 5. The van der Waals surface area contributed by atoms with E-state index in [2.05, 4.69) is 15.2 Å². The van der Waals surface area contributed by atoms with E-state index in [4.69, 9.17) is 4.74 Å². The summed E-state index contributed by atoms with van der Waals surface area (Å²) >= 11 is 1.76. The summed E-state index contributed by atoms with van der Waals surface area (Å²) in [5.74, 6) is 1.92. The molecular weight excluding hydrogens is 286 g/mol. The van der Waals surface area contributed by atoms with E-state index in [0.29, 0.717) is 0 Å². The van der Waals surface area contributed by atoms with Crippen molar-refractivity contribution >= 4 is 11.8 Å². The van der Waals surface area contributed by atoms with Gasteiger partial charge >= 0.3 is 0 Å². The Labute approximate surface area is 128 Å². The lowest BCUT2D eigenvalue weighted by Gasteiger charge is -2.23. The Morgan fingerprint density at radius 2 is 2.19 bits per heavy atom. The molecule has 3 heterocycles. The summed E-state index contributed by atoms with van der Waals surface area (Å²) in [6.45, 7) is 5.13. The minimum Gasteiger partial charge on any atom is -0.370 e. The summed E-state index contributed by atoms with van der Waals surface area (Å²) in [7, 11) is 2.01. The molecule has 0 radical (unpaired) electrons. The molecule has 1 N–H and O–H groups in total. The average molecular weight is 306 g/mol. The largest absolute Gasteiger partial charge is 0.370 e. The van der Waals surface area contributed by atoms with Gasteiger partial charge in [-0.1, -0.05) is 11.8 Å². The number of aromatic nitrogens is 4. The fourth-order valence-corrected chi connectivity index (χ4v) is 3.34. The lowest BCUT2D eigenvalue weighted by molar-refractivity contribution is -0.905. The van der Waals surface area contributed by atoms with Crippen LogP contribution in [0.3, 0.4) is 0 Å². The second-order valence-electron chi connectivity index (χ2n) is 5.07. The Balaban J connectivity index is 1.58. The van der Waals surface area contributed by atoms with Crippen LogP contribution in [0.2, 0.25) is 0 Å². The van der Waals surface area contributed by atoms with Crippen molar-refractivity contribution in [2.24, 2.45) is 7.05 Å². The monoisotopic (exact) mass is 306 g/mol. The third kappa shape index (κ3) is 3.61. The van der Waals surface area contributed by atoms with Crippen molar-refractivity contribution in [1.82, 2.24) is 19.7 Å². The molecule has 0 aliphatic carbocycles. The first-order chi connectivity index (χ1) is 10.3. The van der Waals surface area contributed by atoms with Crippen LogP contribution in [0, 0.1) is 0 Å². The summed E-state index contributed by atoms with van der Waals surface area (Å²) in [5, 5.41) is 9.53. The lowest BCUT2D eigenvalue weighted by atomic mass is 10.3. The van der Waals surface area contributed by atoms with Crippen molar-refractivity contribution in [2.45, 2.75) is 5.16 Å². The summed E-state index contributed by atoms with van der Waals surface area (Å²) in [6.07, 6.45) is 3.58. The van der Waals surface area contributed by atoms with Gasteiger partial charge in [-0.15, -0.1) is 10.2 Å². The van der Waals surface area contributed by atoms with Crippen molar-refractivity contribution in [3.05, 3.63) is 24.5 Å². The Morgan fingerprint density at radius 1 is 1.33 bits per heavy atom. The predicted octanol–water partition coefficient (Wildman–Crippen LogP) is -0.116. The fourth-order valence-electron chi connectivity index (χ4n) is 2.38. The number of ether oxygens (including phenoxy) is 1. The summed E-state index contributed by atoms with van der Waals surface area (Å²) in [5.41, 5.74) is 0.998. The van der Waals surface area contributed by atoms with Crippen LogP contribution in [0.15, 0.2) is 29.7 Å². The molecule has 1 fully saturated rings. The molecule has 0 atom stereocenters. The molecule has 0 bridgehead atoms. The highest BCUT2D eigenvalue weighted by molar-refractivity contribution is 7.99. The Kier molecular flexibility index (Phi) is 4.84. The Bertz CT molecular complexity index is 568. The molecule has 2 aromatic rings. The number of pyridine rings is 1. The van der Waals surface area contributed by atoms with Crippen LogP contribution in [-0.4, -0.2) is 58.3 Å². The molecule has 6 nitrogen and oxygen atoms in total. The number of rotatable bonds is 5. The van der Waals surface area contributed by atoms with Crippen LogP contribution in [-0.2, 0) is 11.8 Å². The van der Waals surface area contributed by atoms with Crippen molar-refractivity contribution in [3.63, 3.8) is 0 Å². The molecule has 21 heavy (non-hydrogen) atoms. The van der Waals surface area contributed by atoms with Crippen LogP contribution < -0.4 is 4.90 Å². The molecule has 0 aromatic carbocycles. The van der Waals surface area contributed by atoms with Gasteiger partial charge in [-0.2, -0.15) is 0 Å². The van der Waals surface area contributed by atoms with E-state index in [1.165, 1.54) is 0 Å². The first-order valence-corrected chi connectivity index (χ1v) is 8.17. The van der Waals surface area contributed by atoms with E-state index in [9.17, 15) is 0 Å². The third-order valence-corrected chi connectivity index (χ3v) is 4.66. The zero-order valence-corrected chi connectivity index (χ0v) is 13.0. The van der Waals surface area contributed by atoms with Gasteiger partial charge in [0.2, 0.25) is 0 Å². The zero-order valence-electron chi connectivity index (χ0n) is 12.2. The van der Waals surface area contributed by atoms with Crippen LogP contribution >= 0.6 is 11.8 Å². The summed E-state index contributed by atoms with van der Waals surface area (Å²) in [6, 6.07) is 3.92. The second-order valence-corrected chi connectivity index (χ2v) is 6.13. The first-order valence-electron chi connectivity index (χ1n) is 7.18. The fraction of sp³-hybridized carbons (Fsp3) is 0.500. The lowest BCUT2D eigenvalue weighted by Crippen LogP contribution is -3.14. The molecule has 3 rings (SSSR count). The maximum atomic E-state index is 5.38. The maximum absolute atomic E-state index is 5.38. The van der Waals surface area contributed by atoms with E-state index in [1.807, 2.05) is 29.9 Å². The van der Waals surface area contributed by atoms with Gasteiger partial charge in [0, 0.05) is 25.0 Å². The van der Waals surface area contributed by atoms with Gasteiger partial charge in [-0.05, 0) is 12.1 Å². The van der Waals surface area contributed by atoms with E-state index in [1.54, 1.807) is 22.9 Å². The molecule has 112 valence electrons. The highest BCUT2D eigenvalue weighted by Crippen LogP contribution is 2.21. The number of nitrogens with one attached hydrogen (secondary N) is 1. The van der Waals surface area contributed by atoms with E-state index < -0.39 is 0 Å². The topological polar surface area (TPSA) is 57.3 Å². The SMILES string of the molecule is Cn1c(SCC[NH+]2CCOCC2)nnc1-c1cccnc1. The molecular formula is C14H20N5OS+. The summed E-state index contributed by atoms with van der Waals surface area (Å²) < 4.78 is 7.41. The second kappa shape index (κ2) is 7.02. The highest BCUT2D eigenvalue weighted by Gasteiger charge is 2.15. The van der Waals surface area contributed by atoms with Crippen molar-refractivity contribution < 1.29 is 9.64 Å². The van der Waals surface area contributed by atoms with Gasteiger partial charge < -0.3 is 14.2 Å². The Morgan fingerprint density at radius 3 is 2.95 bits per heavy atom. The number of nitrogens with zero attached hydrogens (tertiary/aromatic N) is 4. The Hall–Kier alpha value is -1.44. The van der Waals surface area contributed by atoms with Crippen LogP contribution in [0.4, 0.5) is 0 Å². The number of morpholine rings is 1. The first kappa shape index (κ1) is 14.5. The van der Waals surface area contributed by atoms with Crippen molar-refractivity contribution in [2.75, 3.05) is 38.6 Å². The highest BCUT2D eigenvalue weighted by atomic mass is 32.2. The molecule has 1 aliphatic heterocycles. The van der Waals surface area contributed by atoms with Gasteiger partial charge in [-0.25, -0.2) is 0 Å². The van der Waals surface area contributed by atoms with Gasteiger partial charge in [-0.3, -0.25) is 4.98 Å². The summed E-state index contributed by atoms with van der Waals surface area (Å²) in [4.78, 5) is 5.75. The number of hydrogen-bond donors (Lipinski definition) is 1. The van der Waals surface area contributed by atoms with E-state index in [-0.39, 0.29) is 0 Å². The molecule has 0 spiro atoms. The molecule has 7 heteroatoms. The molecule has 0 unspecified atom stereocenters. The zero-order chi connectivity index (χ0) is 14.5. The van der Waals surface area contributed by atoms with Gasteiger partial charge in [0.05, 0.1) is 25.5 Å². The minimum absolute atomic E-state index is 0.865. The molecule has 1 aliphatic rings. The minimum atomic E-state index is 0.865. The van der Waals surface area contributed by atoms with Crippen LogP contribution in [0.25, 0.3) is 11.4 Å². The third-order valence-electron chi connectivity index (χ3n) is 3.64. The van der Waals surface area contributed by atoms with Crippen molar-refractivity contribution in [3.8, 4) is 11.4 Å². The number of thioether (sulfide) groups is 1. The standard InChI is InChI=1S/C14H19N5OS/c1-18-13(12-3-2-4-15-11-12)16-17-14(18)21-10-7-19-5-8-20-9-6-19/h2-4,11H,5-10H2,1H3/p+1. The van der Waals surface area contributed by atoms with Crippen LogP contribution in [0.5, 0.6) is 0 Å². The van der Waals surface area contributed by atoms with E-state index in [0.717, 1.165) is 55.1 Å². The predicted molar refractivity (Wildman–Crippen MR) is 81.3 cm³/mol. The maximum Gasteiger partial charge on any atom is 0.191 e. The average Bonchev–Trinajstić information content (AvgIpc) is 2.90. The van der Waals surface area contributed by atoms with Gasteiger partial charge in [0.25, 0.3) is 0 Å². The smallest absolute Gasteiger partial charge is 0.191 e. The number of quaternary nitrogens is 1. The van der Waals surface area contributed by atoms with Crippen molar-refractivity contribution in [1.29, 1.82) is 0 Å². The van der Waals surface area contributed by atoms with Gasteiger partial charge in [0.15, 0.2) is 11.0 Å². The van der Waals surface area contributed by atoms with Gasteiger partial charge in [0.1, 0.15) is 13.1 Å². The molecule has 0 saturated carbocycles. The van der Waals surface area contributed by atoms with E-state index >= 15 is 0 Å². The van der Waals surface area contributed by atoms with Crippen LogP contribution in [0.1, 0.15) is 0 Å². The normalized spacial score (nSPS) is 16.2. The quantitative estimate of drug-likeness (QED) is 0.781.